The minimum absolute atomic E-state index is 0.613. The van der Waals surface area contributed by atoms with Crippen molar-refractivity contribution in [1.82, 2.24) is 9.97 Å². The van der Waals surface area contributed by atoms with Gasteiger partial charge < -0.3 is 10.3 Å². The molecule has 5 heteroatoms. The summed E-state index contributed by atoms with van der Waals surface area (Å²) in [5.41, 5.74) is 0.682. The van der Waals surface area contributed by atoms with Gasteiger partial charge in [-0.1, -0.05) is 0 Å². The quantitative estimate of drug-likeness (QED) is 0.803. The molecule has 0 aliphatic rings. The summed E-state index contributed by atoms with van der Waals surface area (Å²) in [6.45, 7) is 0.613. The van der Waals surface area contributed by atoms with Crippen molar-refractivity contribution in [2.24, 2.45) is 0 Å². The molecule has 0 amide bonds. The van der Waals surface area contributed by atoms with Crippen LogP contribution in [0.4, 0.5) is 5.00 Å². The highest BCUT2D eigenvalue weighted by Gasteiger charge is 2.02. The number of hydrogen-bond donors (Lipinski definition) is 2. The van der Waals surface area contributed by atoms with Crippen LogP contribution in [0, 0.1) is 11.3 Å². The molecule has 0 unspecified atom stereocenters. The molecular weight excluding hydrogens is 196 g/mol. The third kappa shape index (κ3) is 1.75. The molecule has 0 spiro atoms. The fourth-order valence-corrected chi connectivity index (χ4v) is 1.83. The van der Waals surface area contributed by atoms with E-state index in [0.29, 0.717) is 12.1 Å². The van der Waals surface area contributed by atoms with Crippen LogP contribution in [0.5, 0.6) is 0 Å². The third-order valence-corrected chi connectivity index (χ3v) is 2.63. The molecule has 2 heterocycles. The van der Waals surface area contributed by atoms with Gasteiger partial charge in [0.25, 0.3) is 0 Å². The molecule has 0 aliphatic carbocycles. The van der Waals surface area contributed by atoms with Crippen LogP contribution in [0.3, 0.4) is 0 Å². The Balaban J connectivity index is 2.02. The average Bonchev–Trinajstić information content (AvgIpc) is 2.85. The summed E-state index contributed by atoms with van der Waals surface area (Å²) in [7, 11) is 0. The van der Waals surface area contributed by atoms with Gasteiger partial charge >= 0.3 is 0 Å². The van der Waals surface area contributed by atoms with E-state index in [4.69, 9.17) is 5.26 Å². The molecule has 0 radical (unpaired) electrons. The predicted molar refractivity (Wildman–Crippen MR) is 54.9 cm³/mol. The maximum absolute atomic E-state index is 8.76. The van der Waals surface area contributed by atoms with Crippen LogP contribution in [0.1, 0.15) is 11.4 Å². The first-order valence-electron chi connectivity index (χ1n) is 4.10. The second-order valence-corrected chi connectivity index (χ2v) is 3.58. The van der Waals surface area contributed by atoms with Crippen molar-refractivity contribution in [2.75, 3.05) is 5.32 Å². The number of nitriles is 1. The van der Waals surface area contributed by atoms with Crippen LogP contribution in [-0.2, 0) is 6.54 Å². The number of aromatic nitrogens is 2. The Morgan fingerprint density at radius 1 is 1.64 bits per heavy atom. The molecule has 2 aromatic heterocycles. The van der Waals surface area contributed by atoms with Gasteiger partial charge in [0.05, 0.1) is 12.1 Å². The Hall–Kier alpha value is -1.80. The number of rotatable bonds is 3. The zero-order chi connectivity index (χ0) is 9.80. The number of hydrogen-bond acceptors (Lipinski definition) is 4. The van der Waals surface area contributed by atoms with E-state index in [1.165, 1.54) is 11.3 Å². The summed E-state index contributed by atoms with van der Waals surface area (Å²) in [6.07, 6.45) is 3.48. The van der Waals surface area contributed by atoms with Crippen molar-refractivity contribution in [3.63, 3.8) is 0 Å². The van der Waals surface area contributed by atoms with Gasteiger partial charge in [-0.2, -0.15) is 5.26 Å². The van der Waals surface area contributed by atoms with Gasteiger partial charge in [0, 0.05) is 12.4 Å². The lowest BCUT2D eigenvalue weighted by Crippen LogP contribution is -2.00. The fraction of sp³-hybridized carbons (Fsp3) is 0.111. The number of thiophene rings is 1. The minimum atomic E-state index is 0.613. The molecule has 4 nitrogen and oxygen atoms in total. The Morgan fingerprint density at radius 2 is 2.57 bits per heavy atom. The van der Waals surface area contributed by atoms with E-state index in [2.05, 4.69) is 21.4 Å². The molecule has 2 N–H and O–H groups in total. The second kappa shape index (κ2) is 3.94. The lowest BCUT2D eigenvalue weighted by Gasteiger charge is -2.00. The second-order valence-electron chi connectivity index (χ2n) is 2.66. The smallest absolute Gasteiger partial charge is 0.125 e. The number of imidazole rings is 1. The Bertz CT molecular complexity index is 438. The van der Waals surface area contributed by atoms with Gasteiger partial charge in [-0.05, 0) is 11.4 Å². The summed E-state index contributed by atoms with van der Waals surface area (Å²) in [6, 6.07) is 3.92. The molecular formula is C9H8N4S. The standard InChI is InChI=1S/C9H8N4S/c10-5-7-1-4-14-9(7)13-6-8-11-2-3-12-8/h1-4,13H,6H2,(H,11,12). The van der Waals surface area contributed by atoms with Crippen molar-refractivity contribution >= 4 is 16.3 Å². The van der Waals surface area contributed by atoms with Crippen molar-refractivity contribution in [1.29, 1.82) is 5.26 Å². The predicted octanol–water partition coefficient (Wildman–Crippen LogP) is 1.95. The maximum atomic E-state index is 8.76. The largest absolute Gasteiger partial charge is 0.369 e. The number of anilines is 1. The molecule has 0 bridgehead atoms. The van der Waals surface area contributed by atoms with Crippen LogP contribution in [0.25, 0.3) is 0 Å². The molecule has 14 heavy (non-hydrogen) atoms. The highest BCUT2D eigenvalue weighted by molar-refractivity contribution is 7.14. The first kappa shape index (κ1) is 8.78. The minimum Gasteiger partial charge on any atom is -0.369 e. The molecule has 0 saturated heterocycles. The average molecular weight is 204 g/mol. The molecule has 0 fully saturated rings. The summed E-state index contributed by atoms with van der Waals surface area (Å²) in [5, 5.41) is 14.7. The summed E-state index contributed by atoms with van der Waals surface area (Å²) in [5.74, 6) is 0.863. The Labute approximate surface area is 85.2 Å². The van der Waals surface area contributed by atoms with Crippen molar-refractivity contribution in [2.45, 2.75) is 6.54 Å². The highest BCUT2D eigenvalue weighted by Crippen LogP contribution is 2.22. The van der Waals surface area contributed by atoms with Gasteiger partial charge in [-0.25, -0.2) is 4.98 Å². The normalized spacial score (nSPS) is 9.64. The molecule has 2 rings (SSSR count). The topological polar surface area (TPSA) is 64.5 Å². The van der Waals surface area contributed by atoms with E-state index in [1.807, 2.05) is 5.38 Å². The van der Waals surface area contributed by atoms with Crippen LogP contribution < -0.4 is 5.32 Å². The molecule has 0 aromatic carbocycles. The molecule has 0 atom stereocenters. The first-order valence-corrected chi connectivity index (χ1v) is 4.98. The van der Waals surface area contributed by atoms with E-state index < -0.39 is 0 Å². The summed E-state index contributed by atoms with van der Waals surface area (Å²) in [4.78, 5) is 7.06. The van der Waals surface area contributed by atoms with Crippen LogP contribution in [0.2, 0.25) is 0 Å². The van der Waals surface area contributed by atoms with Crippen molar-refractivity contribution in [3.05, 3.63) is 35.2 Å². The Morgan fingerprint density at radius 3 is 3.29 bits per heavy atom. The van der Waals surface area contributed by atoms with Gasteiger partial charge in [0.15, 0.2) is 0 Å². The van der Waals surface area contributed by atoms with Gasteiger partial charge in [0.2, 0.25) is 0 Å². The summed E-state index contributed by atoms with van der Waals surface area (Å²) >= 11 is 1.52. The van der Waals surface area contributed by atoms with E-state index in [0.717, 1.165) is 10.8 Å². The van der Waals surface area contributed by atoms with E-state index in [1.54, 1.807) is 18.5 Å². The number of nitrogens with zero attached hydrogens (tertiary/aromatic N) is 2. The molecule has 0 aliphatic heterocycles. The van der Waals surface area contributed by atoms with Crippen molar-refractivity contribution < 1.29 is 0 Å². The van der Waals surface area contributed by atoms with Crippen LogP contribution in [-0.4, -0.2) is 9.97 Å². The fourth-order valence-electron chi connectivity index (χ4n) is 1.09. The zero-order valence-electron chi connectivity index (χ0n) is 7.32. The number of aromatic amines is 1. The molecule has 70 valence electrons. The van der Waals surface area contributed by atoms with Gasteiger partial charge in [-0.3, -0.25) is 0 Å². The van der Waals surface area contributed by atoms with Gasteiger partial charge in [-0.15, -0.1) is 11.3 Å². The maximum Gasteiger partial charge on any atom is 0.125 e. The van der Waals surface area contributed by atoms with Crippen LogP contribution in [0.15, 0.2) is 23.8 Å². The van der Waals surface area contributed by atoms with Gasteiger partial charge in [0.1, 0.15) is 16.9 Å². The van der Waals surface area contributed by atoms with E-state index in [9.17, 15) is 0 Å². The molecule has 2 aromatic rings. The number of H-pyrrole nitrogens is 1. The SMILES string of the molecule is N#Cc1ccsc1NCc1ncc[nH]1. The highest BCUT2D eigenvalue weighted by atomic mass is 32.1. The van der Waals surface area contributed by atoms with Crippen LogP contribution >= 0.6 is 11.3 Å². The zero-order valence-corrected chi connectivity index (χ0v) is 8.14. The Kier molecular flexibility index (Phi) is 2.47. The van der Waals surface area contributed by atoms with Crippen molar-refractivity contribution in [3.8, 4) is 6.07 Å². The monoisotopic (exact) mass is 204 g/mol. The van der Waals surface area contributed by atoms with E-state index >= 15 is 0 Å². The summed E-state index contributed by atoms with van der Waals surface area (Å²) < 4.78 is 0. The number of nitrogens with one attached hydrogen (secondary N) is 2. The van der Waals surface area contributed by atoms with E-state index in [-0.39, 0.29) is 0 Å². The lowest BCUT2D eigenvalue weighted by molar-refractivity contribution is 1.00. The third-order valence-electron chi connectivity index (χ3n) is 1.76. The molecule has 0 saturated carbocycles. The first-order chi connectivity index (χ1) is 6.90. The lowest BCUT2D eigenvalue weighted by atomic mass is 10.3.